The van der Waals surface area contributed by atoms with Crippen LogP contribution in [0, 0.1) is 6.92 Å². The van der Waals surface area contributed by atoms with Gasteiger partial charge in [-0.05, 0) is 25.8 Å². The van der Waals surface area contributed by atoms with E-state index in [9.17, 15) is 4.79 Å². The van der Waals surface area contributed by atoms with Crippen LogP contribution in [-0.2, 0) is 0 Å². The molecule has 0 unspecified atom stereocenters. The van der Waals surface area contributed by atoms with E-state index in [1.54, 1.807) is 11.3 Å². The summed E-state index contributed by atoms with van der Waals surface area (Å²) in [6.07, 6.45) is 6.14. The van der Waals surface area contributed by atoms with Crippen LogP contribution in [0.5, 0.6) is 0 Å². The highest BCUT2D eigenvalue weighted by Gasteiger charge is 2.30. The largest absolute Gasteiger partial charge is 0.325 e. The van der Waals surface area contributed by atoms with Gasteiger partial charge in [0.05, 0.1) is 0 Å². The van der Waals surface area contributed by atoms with E-state index in [2.05, 4.69) is 0 Å². The summed E-state index contributed by atoms with van der Waals surface area (Å²) < 4.78 is 0. The van der Waals surface area contributed by atoms with E-state index in [1.807, 2.05) is 18.4 Å². The van der Waals surface area contributed by atoms with Gasteiger partial charge in [-0.2, -0.15) is 0 Å². The second-order valence-corrected chi connectivity index (χ2v) is 6.08. The van der Waals surface area contributed by atoms with E-state index < -0.39 is 0 Å². The molecule has 1 aliphatic rings. The van der Waals surface area contributed by atoms with Gasteiger partial charge in [0.15, 0.2) is 5.78 Å². The van der Waals surface area contributed by atoms with Gasteiger partial charge in [-0.25, -0.2) is 0 Å². The normalized spacial score (nSPS) is 19.6. The van der Waals surface area contributed by atoms with E-state index in [-0.39, 0.29) is 11.3 Å². The lowest BCUT2D eigenvalue weighted by Gasteiger charge is -2.32. The van der Waals surface area contributed by atoms with E-state index in [1.165, 1.54) is 24.1 Å². The Labute approximate surface area is 101 Å². The summed E-state index contributed by atoms with van der Waals surface area (Å²) in [7, 11) is 0. The molecule has 0 aromatic carbocycles. The zero-order chi connectivity index (χ0) is 11.6. The van der Waals surface area contributed by atoms with Crippen molar-refractivity contribution in [1.82, 2.24) is 0 Å². The fourth-order valence-corrected chi connectivity index (χ4v) is 3.15. The molecule has 3 heteroatoms. The van der Waals surface area contributed by atoms with Crippen molar-refractivity contribution in [2.75, 3.05) is 0 Å². The summed E-state index contributed by atoms with van der Waals surface area (Å²) in [6, 6.07) is 1.97. The standard InChI is InChI=1S/C13H19NOS/c1-10-7-11(9-16-10)12(15)8-13(14)5-3-2-4-6-13/h7,9H,2-6,8,14H2,1H3. The molecular weight excluding hydrogens is 218 g/mol. The van der Waals surface area contributed by atoms with Crippen molar-refractivity contribution in [2.24, 2.45) is 5.73 Å². The Kier molecular flexibility index (Phi) is 3.45. The molecule has 1 aliphatic carbocycles. The molecule has 88 valence electrons. The van der Waals surface area contributed by atoms with Crippen molar-refractivity contribution < 1.29 is 4.79 Å². The van der Waals surface area contributed by atoms with E-state index in [4.69, 9.17) is 5.73 Å². The van der Waals surface area contributed by atoms with Crippen molar-refractivity contribution in [2.45, 2.75) is 51.0 Å². The number of ketones is 1. The number of carbonyl (C=O) groups is 1. The van der Waals surface area contributed by atoms with Crippen LogP contribution in [0.25, 0.3) is 0 Å². The minimum atomic E-state index is -0.231. The van der Waals surface area contributed by atoms with Crippen LogP contribution in [0.2, 0.25) is 0 Å². The third kappa shape index (κ3) is 2.71. The first-order chi connectivity index (χ1) is 7.59. The number of Topliss-reactive ketones (excluding diaryl/α,β-unsaturated/α-hetero) is 1. The lowest BCUT2D eigenvalue weighted by atomic mass is 9.78. The van der Waals surface area contributed by atoms with Gasteiger partial charge in [0.2, 0.25) is 0 Å². The average Bonchev–Trinajstić information content (AvgIpc) is 2.65. The predicted octanol–water partition coefficient (Wildman–Crippen LogP) is 3.29. The topological polar surface area (TPSA) is 43.1 Å². The Morgan fingerprint density at radius 3 is 2.69 bits per heavy atom. The molecule has 0 bridgehead atoms. The van der Waals surface area contributed by atoms with Crippen LogP contribution >= 0.6 is 11.3 Å². The van der Waals surface area contributed by atoms with Gasteiger partial charge >= 0.3 is 0 Å². The molecule has 2 rings (SSSR count). The molecule has 2 nitrogen and oxygen atoms in total. The molecule has 1 aromatic rings. The molecule has 2 N–H and O–H groups in total. The number of hydrogen-bond acceptors (Lipinski definition) is 3. The van der Waals surface area contributed by atoms with E-state index in [0.29, 0.717) is 6.42 Å². The van der Waals surface area contributed by atoms with Gasteiger partial charge in [0, 0.05) is 27.8 Å². The molecular formula is C13H19NOS. The van der Waals surface area contributed by atoms with Crippen LogP contribution in [0.15, 0.2) is 11.4 Å². The number of rotatable bonds is 3. The molecule has 1 aromatic heterocycles. The van der Waals surface area contributed by atoms with E-state index >= 15 is 0 Å². The molecule has 0 spiro atoms. The molecule has 1 heterocycles. The second kappa shape index (κ2) is 4.68. The Morgan fingerprint density at radius 2 is 2.12 bits per heavy atom. The van der Waals surface area contributed by atoms with Crippen molar-refractivity contribution in [3.63, 3.8) is 0 Å². The van der Waals surface area contributed by atoms with Gasteiger partial charge < -0.3 is 5.73 Å². The summed E-state index contributed by atoms with van der Waals surface area (Å²) >= 11 is 1.63. The third-order valence-electron chi connectivity index (χ3n) is 3.41. The Bertz CT molecular complexity index is 377. The highest BCUT2D eigenvalue weighted by molar-refractivity contribution is 7.10. The van der Waals surface area contributed by atoms with Gasteiger partial charge in [-0.15, -0.1) is 11.3 Å². The predicted molar refractivity (Wildman–Crippen MR) is 68.0 cm³/mol. The minimum Gasteiger partial charge on any atom is -0.325 e. The van der Waals surface area contributed by atoms with Gasteiger partial charge in [-0.3, -0.25) is 4.79 Å². The monoisotopic (exact) mass is 237 g/mol. The maximum atomic E-state index is 12.1. The second-order valence-electron chi connectivity index (χ2n) is 4.97. The molecule has 0 saturated heterocycles. The number of aryl methyl sites for hydroxylation is 1. The molecule has 16 heavy (non-hydrogen) atoms. The molecule has 0 amide bonds. The van der Waals surface area contributed by atoms with Crippen LogP contribution < -0.4 is 5.73 Å². The van der Waals surface area contributed by atoms with Gasteiger partial charge in [0.25, 0.3) is 0 Å². The summed E-state index contributed by atoms with van der Waals surface area (Å²) in [5.41, 5.74) is 6.90. The zero-order valence-electron chi connectivity index (χ0n) is 9.79. The summed E-state index contributed by atoms with van der Waals surface area (Å²) in [4.78, 5) is 13.3. The summed E-state index contributed by atoms with van der Waals surface area (Å²) in [6.45, 7) is 2.03. The van der Waals surface area contributed by atoms with Crippen molar-refractivity contribution in [3.8, 4) is 0 Å². The van der Waals surface area contributed by atoms with Gasteiger partial charge in [0.1, 0.15) is 0 Å². The lowest BCUT2D eigenvalue weighted by molar-refractivity contribution is 0.0935. The van der Waals surface area contributed by atoms with Crippen molar-refractivity contribution >= 4 is 17.1 Å². The highest BCUT2D eigenvalue weighted by Crippen LogP contribution is 2.30. The third-order valence-corrected chi connectivity index (χ3v) is 4.28. The summed E-state index contributed by atoms with van der Waals surface area (Å²) in [5, 5.41) is 1.95. The number of thiophene rings is 1. The molecule has 1 saturated carbocycles. The van der Waals surface area contributed by atoms with Crippen LogP contribution in [0.3, 0.4) is 0 Å². The Balaban J connectivity index is 2.01. The van der Waals surface area contributed by atoms with E-state index in [0.717, 1.165) is 18.4 Å². The molecule has 0 radical (unpaired) electrons. The number of carbonyl (C=O) groups excluding carboxylic acids is 1. The Morgan fingerprint density at radius 1 is 1.44 bits per heavy atom. The zero-order valence-corrected chi connectivity index (χ0v) is 10.6. The maximum Gasteiger partial charge on any atom is 0.165 e. The SMILES string of the molecule is Cc1cc(C(=O)CC2(N)CCCCC2)cs1. The fourth-order valence-electron chi connectivity index (χ4n) is 2.44. The smallest absolute Gasteiger partial charge is 0.165 e. The fraction of sp³-hybridized carbons (Fsp3) is 0.615. The minimum absolute atomic E-state index is 0.216. The molecule has 1 fully saturated rings. The first kappa shape index (κ1) is 11.8. The maximum absolute atomic E-state index is 12.1. The van der Waals surface area contributed by atoms with Crippen molar-refractivity contribution in [3.05, 3.63) is 21.9 Å². The molecule has 0 aliphatic heterocycles. The van der Waals surface area contributed by atoms with Crippen molar-refractivity contribution in [1.29, 1.82) is 0 Å². The first-order valence-corrected chi connectivity index (χ1v) is 6.84. The van der Waals surface area contributed by atoms with Crippen LogP contribution in [0.4, 0.5) is 0 Å². The number of hydrogen-bond donors (Lipinski definition) is 1. The molecule has 0 atom stereocenters. The van der Waals surface area contributed by atoms with Crippen LogP contribution in [0.1, 0.15) is 53.8 Å². The highest BCUT2D eigenvalue weighted by atomic mass is 32.1. The quantitative estimate of drug-likeness (QED) is 0.820. The van der Waals surface area contributed by atoms with Crippen LogP contribution in [-0.4, -0.2) is 11.3 Å². The number of nitrogens with two attached hydrogens (primary N) is 1. The Hall–Kier alpha value is -0.670. The average molecular weight is 237 g/mol. The summed E-state index contributed by atoms with van der Waals surface area (Å²) in [5.74, 6) is 0.216. The lowest BCUT2D eigenvalue weighted by Crippen LogP contribution is -2.43. The first-order valence-electron chi connectivity index (χ1n) is 5.96. The van der Waals surface area contributed by atoms with Gasteiger partial charge in [-0.1, -0.05) is 19.3 Å².